The molecule has 1 aromatic heterocycles. The molecule has 0 radical (unpaired) electrons. The fourth-order valence-corrected chi connectivity index (χ4v) is 2.62. The highest BCUT2D eigenvalue weighted by atomic mass is 16.4. The first kappa shape index (κ1) is 13.2. The van der Waals surface area contributed by atoms with Gasteiger partial charge >= 0.3 is 5.97 Å². The Labute approximate surface area is 122 Å². The normalized spacial score (nSPS) is 12.2. The van der Waals surface area contributed by atoms with Gasteiger partial charge in [-0.25, -0.2) is 4.79 Å². The minimum Gasteiger partial charge on any atom is -0.478 e. The number of rotatable bonds is 4. The van der Waals surface area contributed by atoms with Crippen LogP contribution in [0, 0.1) is 0 Å². The summed E-state index contributed by atoms with van der Waals surface area (Å²) in [7, 11) is 0. The molecule has 3 heteroatoms. The van der Waals surface area contributed by atoms with E-state index in [0.29, 0.717) is 0 Å². The Hall–Kier alpha value is -2.81. The first-order chi connectivity index (χ1) is 10.2. The van der Waals surface area contributed by atoms with Crippen molar-refractivity contribution in [1.82, 2.24) is 4.98 Å². The van der Waals surface area contributed by atoms with E-state index < -0.39 is 5.97 Å². The van der Waals surface area contributed by atoms with Crippen molar-refractivity contribution in [2.24, 2.45) is 0 Å². The minimum atomic E-state index is -0.974. The molecule has 3 nitrogen and oxygen atoms in total. The Morgan fingerprint density at radius 1 is 1.05 bits per heavy atom. The smallest absolute Gasteiger partial charge is 0.331 e. The van der Waals surface area contributed by atoms with Crippen molar-refractivity contribution in [3.05, 3.63) is 84.1 Å². The highest BCUT2D eigenvalue weighted by Crippen LogP contribution is 2.32. The SMILES string of the molecule is C=C(C(=O)O)C(c1ccccc1)c1ccc2[nH]ccc2c1. The number of H-pyrrole nitrogens is 1. The molecule has 1 heterocycles. The summed E-state index contributed by atoms with van der Waals surface area (Å²) in [4.78, 5) is 14.5. The van der Waals surface area contributed by atoms with Gasteiger partial charge in [-0.15, -0.1) is 0 Å². The van der Waals surface area contributed by atoms with E-state index in [1.54, 1.807) is 0 Å². The molecule has 0 saturated heterocycles. The Morgan fingerprint density at radius 2 is 1.81 bits per heavy atom. The molecular formula is C18H15NO2. The van der Waals surface area contributed by atoms with Crippen LogP contribution >= 0.6 is 0 Å². The van der Waals surface area contributed by atoms with Crippen molar-refractivity contribution in [3.8, 4) is 0 Å². The van der Waals surface area contributed by atoms with Gasteiger partial charge in [0, 0.05) is 23.2 Å². The predicted molar refractivity (Wildman–Crippen MR) is 83.4 cm³/mol. The van der Waals surface area contributed by atoms with E-state index in [1.165, 1.54) is 0 Å². The number of aromatic nitrogens is 1. The maximum atomic E-state index is 11.4. The molecule has 0 aliphatic heterocycles. The van der Waals surface area contributed by atoms with Gasteiger partial charge in [-0.3, -0.25) is 0 Å². The second-order valence-electron chi connectivity index (χ2n) is 5.00. The fraction of sp³-hybridized carbons (Fsp3) is 0.0556. The number of hydrogen-bond acceptors (Lipinski definition) is 1. The zero-order chi connectivity index (χ0) is 14.8. The Morgan fingerprint density at radius 3 is 2.52 bits per heavy atom. The van der Waals surface area contributed by atoms with E-state index >= 15 is 0 Å². The second kappa shape index (κ2) is 5.29. The molecule has 0 saturated carbocycles. The first-order valence-corrected chi connectivity index (χ1v) is 6.71. The topological polar surface area (TPSA) is 53.1 Å². The van der Waals surface area contributed by atoms with Crippen molar-refractivity contribution in [2.75, 3.05) is 0 Å². The van der Waals surface area contributed by atoms with Crippen LogP contribution in [0.25, 0.3) is 10.9 Å². The molecule has 0 fully saturated rings. The molecule has 2 N–H and O–H groups in total. The maximum absolute atomic E-state index is 11.4. The highest BCUT2D eigenvalue weighted by Gasteiger charge is 2.22. The van der Waals surface area contributed by atoms with Crippen LogP contribution in [0.5, 0.6) is 0 Å². The zero-order valence-corrected chi connectivity index (χ0v) is 11.4. The third kappa shape index (κ3) is 2.46. The van der Waals surface area contributed by atoms with Crippen LogP contribution in [0.3, 0.4) is 0 Å². The van der Waals surface area contributed by atoms with Gasteiger partial charge in [0.25, 0.3) is 0 Å². The molecule has 0 amide bonds. The first-order valence-electron chi connectivity index (χ1n) is 6.71. The number of hydrogen-bond donors (Lipinski definition) is 2. The average molecular weight is 277 g/mol. The standard InChI is InChI=1S/C18H15NO2/c1-12(18(20)21)17(13-5-3-2-4-6-13)15-7-8-16-14(11-15)9-10-19-16/h2-11,17,19H,1H2,(H,20,21). The Bertz CT molecular complexity index is 802. The predicted octanol–water partition coefficient (Wildman–Crippen LogP) is 3.94. The van der Waals surface area contributed by atoms with E-state index in [1.807, 2.05) is 60.8 Å². The number of carboxylic acid groups (broad SMARTS) is 1. The molecule has 1 unspecified atom stereocenters. The average Bonchev–Trinajstić information content (AvgIpc) is 2.96. The van der Waals surface area contributed by atoms with Crippen molar-refractivity contribution in [2.45, 2.75) is 5.92 Å². The van der Waals surface area contributed by atoms with Gasteiger partial charge in [-0.05, 0) is 34.7 Å². The summed E-state index contributed by atoms with van der Waals surface area (Å²) in [5.74, 6) is -1.32. The molecule has 0 spiro atoms. The van der Waals surface area contributed by atoms with Gasteiger partial charge in [0.2, 0.25) is 0 Å². The van der Waals surface area contributed by atoms with Crippen molar-refractivity contribution in [1.29, 1.82) is 0 Å². The largest absolute Gasteiger partial charge is 0.478 e. The molecule has 0 aliphatic rings. The molecule has 0 aliphatic carbocycles. The van der Waals surface area contributed by atoms with Gasteiger partial charge in [0.1, 0.15) is 0 Å². The molecule has 21 heavy (non-hydrogen) atoms. The van der Waals surface area contributed by atoms with E-state index in [4.69, 9.17) is 0 Å². The zero-order valence-electron chi connectivity index (χ0n) is 11.4. The maximum Gasteiger partial charge on any atom is 0.331 e. The van der Waals surface area contributed by atoms with Crippen LogP contribution in [-0.2, 0) is 4.79 Å². The molecule has 3 aromatic rings. The number of fused-ring (bicyclic) bond motifs is 1. The fourth-order valence-electron chi connectivity index (χ4n) is 2.62. The number of benzene rings is 2. The third-order valence-electron chi connectivity index (χ3n) is 3.67. The lowest BCUT2D eigenvalue weighted by Gasteiger charge is -2.18. The Balaban J connectivity index is 2.14. The summed E-state index contributed by atoms with van der Waals surface area (Å²) >= 11 is 0. The van der Waals surface area contributed by atoms with Crippen LogP contribution < -0.4 is 0 Å². The lowest BCUT2D eigenvalue weighted by atomic mass is 9.85. The highest BCUT2D eigenvalue weighted by molar-refractivity contribution is 5.89. The second-order valence-corrected chi connectivity index (χ2v) is 5.00. The summed E-state index contributed by atoms with van der Waals surface area (Å²) in [5.41, 5.74) is 3.07. The summed E-state index contributed by atoms with van der Waals surface area (Å²) < 4.78 is 0. The van der Waals surface area contributed by atoms with Gasteiger partial charge < -0.3 is 10.1 Å². The Kier molecular flexibility index (Phi) is 3.32. The number of aliphatic carboxylic acids is 1. The van der Waals surface area contributed by atoms with E-state index in [-0.39, 0.29) is 11.5 Å². The van der Waals surface area contributed by atoms with Crippen LogP contribution in [0.2, 0.25) is 0 Å². The van der Waals surface area contributed by atoms with E-state index in [9.17, 15) is 9.90 Å². The lowest BCUT2D eigenvalue weighted by Crippen LogP contribution is -2.11. The summed E-state index contributed by atoms with van der Waals surface area (Å²) in [6.07, 6.45) is 1.87. The van der Waals surface area contributed by atoms with Crippen molar-refractivity contribution in [3.63, 3.8) is 0 Å². The monoisotopic (exact) mass is 277 g/mol. The van der Waals surface area contributed by atoms with Crippen LogP contribution in [0.15, 0.2) is 72.9 Å². The van der Waals surface area contributed by atoms with Gasteiger partial charge in [-0.1, -0.05) is 43.0 Å². The molecule has 0 bridgehead atoms. The number of aromatic amines is 1. The summed E-state index contributed by atoms with van der Waals surface area (Å²) in [6, 6.07) is 17.5. The quantitative estimate of drug-likeness (QED) is 0.710. The molecular weight excluding hydrogens is 262 g/mol. The van der Waals surface area contributed by atoms with Gasteiger partial charge in [0.15, 0.2) is 0 Å². The van der Waals surface area contributed by atoms with Gasteiger partial charge in [-0.2, -0.15) is 0 Å². The molecule has 1 atom stereocenters. The number of carbonyl (C=O) groups is 1. The molecule has 104 valence electrons. The van der Waals surface area contributed by atoms with Crippen LogP contribution in [0.4, 0.5) is 0 Å². The summed E-state index contributed by atoms with van der Waals surface area (Å²) in [6.45, 7) is 3.77. The van der Waals surface area contributed by atoms with Crippen LogP contribution in [0.1, 0.15) is 17.0 Å². The van der Waals surface area contributed by atoms with E-state index in [0.717, 1.165) is 22.0 Å². The molecule has 2 aromatic carbocycles. The number of carboxylic acids is 1. The third-order valence-corrected chi connectivity index (χ3v) is 3.67. The number of nitrogens with one attached hydrogen (secondary N) is 1. The van der Waals surface area contributed by atoms with Gasteiger partial charge in [0.05, 0.1) is 0 Å². The van der Waals surface area contributed by atoms with Crippen molar-refractivity contribution < 1.29 is 9.90 Å². The minimum absolute atomic E-state index is 0.177. The van der Waals surface area contributed by atoms with E-state index in [2.05, 4.69) is 11.6 Å². The summed E-state index contributed by atoms with van der Waals surface area (Å²) in [5, 5.41) is 10.4. The van der Waals surface area contributed by atoms with Crippen LogP contribution in [-0.4, -0.2) is 16.1 Å². The lowest BCUT2D eigenvalue weighted by molar-refractivity contribution is -0.132. The molecule has 3 rings (SSSR count). The van der Waals surface area contributed by atoms with Crippen molar-refractivity contribution >= 4 is 16.9 Å².